The van der Waals surface area contributed by atoms with E-state index in [4.69, 9.17) is 4.42 Å². The van der Waals surface area contributed by atoms with Gasteiger partial charge in [0.2, 0.25) is 0 Å². The molecule has 1 heteroatoms. The minimum atomic E-state index is 0.828. The molecule has 0 bridgehead atoms. The smallest absolute Gasteiger partial charge is 0.0934 e. The van der Waals surface area contributed by atoms with Crippen LogP contribution in [-0.4, -0.2) is 0 Å². The highest BCUT2D eigenvalue weighted by molar-refractivity contribution is 5.09. The fourth-order valence-corrected chi connectivity index (χ4v) is 3.76. The highest BCUT2D eigenvalue weighted by Crippen LogP contribution is 2.16. The van der Waals surface area contributed by atoms with E-state index < -0.39 is 0 Å². The first kappa shape index (κ1) is 27.3. The molecule has 1 nitrogen and oxygen atoms in total. The van der Waals surface area contributed by atoms with E-state index in [1.165, 1.54) is 73.6 Å². The van der Waals surface area contributed by atoms with Crippen LogP contribution in [0.1, 0.15) is 111 Å². The third kappa shape index (κ3) is 15.7. The van der Waals surface area contributed by atoms with Gasteiger partial charge in [0.05, 0.1) is 12.5 Å². The molecule has 0 saturated heterocycles. The van der Waals surface area contributed by atoms with Crippen LogP contribution in [0.5, 0.6) is 0 Å². The van der Waals surface area contributed by atoms with Crippen LogP contribution in [0, 0.1) is 5.92 Å². The van der Waals surface area contributed by atoms with Gasteiger partial charge in [-0.25, -0.2) is 0 Å². The summed E-state index contributed by atoms with van der Waals surface area (Å²) in [6.07, 6.45) is 26.5. The van der Waals surface area contributed by atoms with Gasteiger partial charge in [-0.3, -0.25) is 0 Å². The van der Waals surface area contributed by atoms with Gasteiger partial charge in [-0.2, -0.15) is 0 Å². The van der Waals surface area contributed by atoms with Crippen molar-refractivity contribution in [3.8, 4) is 0 Å². The van der Waals surface area contributed by atoms with Crippen molar-refractivity contribution in [2.24, 2.45) is 5.92 Å². The molecule has 0 unspecified atom stereocenters. The van der Waals surface area contributed by atoms with E-state index in [2.05, 4.69) is 71.9 Å². The number of hydrogen-bond donors (Lipinski definition) is 0. The summed E-state index contributed by atoms with van der Waals surface area (Å²) in [7, 11) is 0. The summed E-state index contributed by atoms with van der Waals surface area (Å²) >= 11 is 0. The van der Waals surface area contributed by atoms with Gasteiger partial charge in [0.1, 0.15) is 0 Å². The van der Waals surface area contributed by atoms with Crippen molar-refractivity contribution in [3.05, 3.63) is 70.8 Å². The van der Waals surface area contributed by atoms with Crippen LogP contribution in [0.25, 0.3) is 0 Å². The standard InChI is InChI=1S/C30H48O/c1-25(2)12-7-13-26(3)14-8-15-27(4)16-9-17-28(5)18-10-19-29(6)20-11-21-30-22-23-31-24-30/h14,16,18,20,22-25H,7-13,15,17,19,21H2,1-6H3/b26-14+,27-16+,28-18+,29-20+. The van der Waals surface area contributed by atoms with Crippen LogP contribution >= 0.6 is 0 Å². The normalized spacial score (nSPS) is 14.0. The van der Waals surface area contributed by atoms with Crippen LogP contribution < -0.4 is 0 Å². The lowest BCUT2D eigenvalue weighted by Gasteiger charge is -2.05. The van der Waals surface area contributed by atoms with E-state index in [0.29, 0.717) is 0 Å². The fraction of sp³-hybridized carbons (Fsp3) is 0.600. The second kappa shape index (κ2) is 16.9. The molecule has 0 saturated carbocycles. The highest BCUT2D eigenvalue weighted by Gasteiger charge is 1.97. The molecule has 174 valence electrons. The molecule has 0 aromatic carbocycles. The van der Waals surface area contributed by atoms with Crippen LogP contribution in [0.3, 0.4) is 0 Å². The molecular formula is C30H48O. The molecule has 0 N–H and O–H groups in total. The molecule has 0 radical (unpaired) electrons. The Morgan fingerprint density at radius 1 is 0.742 bits per heavy atom. The van der Waals surface area contributed by atoms with Crippen LogP contribution in [0.2, 0.25) is 0 Å². The molecule has 1 aromatic heterocycles. The molecule has 0 amide bonds. The first-order valence-electron chi connectivity index (χ1n) is 12.5. The van der Waals surface area contributed by atoms with E-state index in [9.17, 15) is 0 Å². The van der Waals surface area contributed by atoms with Gasteiger partial charge in [-0.1, -0.05) is 66.9 Å². The van der Waals surface area contributed by atoms with Gasteiger partial charge in [0.25, 0.3) is 0 Å². The lowest BCUT2D eigenvalue weighted by Crippen LogP contribution is -1.88. The van der Waals surface area contributed by atoms with Crippen LogP contribution in [0.4, 0.5) is 0 Å². The van der Waals surface area contributed by atoms with Crippen molar-refractivity contribution in [1.29, 1.82) is 0 Å². The van der Waals surface area contributed by atoms with Gasteiger partial charge >= 0.3 is 0 Å². The van der Waals surface area contributed by atoms with Gasteiger partial charge in [-0.05, 0) is 109 Å². The lowest BCUT2D eigenvalue weighted by atomic mass is 10.0. The van der Waals surface area contributed by atoms with Crippen LogP contribution in [0.15, 0.2) is 69.6 Å². The van der Waals surface area contributed by atoms with Gasteiger partial charge < -0.3 is 4.42 Å². The summed E-state index contributed by atoms with van der Waals surface area (Å²) in [5.74, 6) is 0.828. The Kier molecular flexibility index (Phi) is 14.8. The van der Waals surface area contributed by atoms with E-state index in [0.717, 1.165) is 25.2 Å². The fourth-order valence-electron chi connectivity index (χ4n) is 3.76. The SMILES string of the molecule is C/C(=C\CC/C(C)=C/CCc1ccoc1)CC/C=C(\C)CC/C=C(\C)CCCC(C)C. The summed E-state index contributed by atoms with van der Waals surface area (Å²) < 4.78 is 5.12. The summed E-state index contributed by atoms with van der Waals surface area (Å²) in [6, 6.07) is 2.05. The van der Waals surface area contributed by atoms with E-state index in [1.807, 2.05) is 6.26 Å². The Labute approximate surface area is 193 Å². The average Bonchev–Trinajstić information content (AvgIpc) is 3.21. The molecule has 1 aromatic rings. The maximum absolute atomic E-state index is 5.12. The third-order valence-electron chi connectivity index (χ3n) is 5.95. The van der Waals surface area contributed by atoms with Gasteiger partial charge in [0, 0.05) is 0 Å². The summed E-state index contributed by atoms with van der Waals surface area (Å²) in [5, 5.41) is 0. The molecule has 0 aliphatic rings. The Balaban J connectivity index is 2.17. The zero-order chi connectivity index (χ0) is 22.9. The molecule has 0 aliphatic heterocycles. The Morgan fingerprint density at radius 3 is 1.68 bits per heavy atom. The summed E-state index contributed by atoms with van der Waals surface area (Å²) in [4.78, 5) is 0. The number of hydrogen-bond acceptors (Lipinski definition) is 1. The topological polar surface area (TPSA) is 13.1 Å². The second-order valence-electron chi connectivity index (χ2n) is 9.77. The van der Waals surface area contributed by atoms with Crippen molar-refractivity contribution < 1.29 is 4.42 Å². The number of allylic oxidation sites excluding steroid dienone is 8. The monoisotopic (exact) mass is 424 g/mol. The first-order chi connectivity index (χ1) is 14.9. The molecule has 0 aliphatic carbocycles. The zero-order valence-electron chi connectivity index (χ0n) is 21.3. The molecule has 0 fully saturated rings. The highest BCUT2D eigenvalue weighted by atomic mass is 16.3. The quantitative estimate of drug-likeness (QED) is 0.240. The molecule has 1 heterocycles. The van der Waals surface area contributed by atoms with Gasteiger partial charge in [-0.15, -0.1) is 0 Å². The Bertz CT molecular complexity index is 695. The molecule has 31 heavy (non-hydrogen) atoms. The van der Waals surface area contributed by atoms with E-state index >= 15 is 0 Å². The molecular weight excluding hydrogens is 376 g/mol. The predicted molar refractivity (Wildman–Crippen MR) is 138 cm³/mol. The van der Waals surface area contributed by atoms with Crippen molar-refractivity contribution in [2.45, 2.75) is 112 Å². The Hall–Kier alpha value is -1.76. The van der Waals surface area contributed by atoms with Crippen molar-refractivity contribution in [2.75, 3.05) is 0 Å². The maximum atomic E-state index is 5.12. The van der Waals surface area contributed by atoms with E-state index in [-0.39, 0.29) is 0 Å². The van der Waals surface area contributed by atoms with Crippen molar-refractivity contribution >= 4 is 0 Å². The largest absolute Gasteiger partial charge is 0.472 e. The van der Waals surface area contributed by atoms with Crippen LogP contribution in [-0.2, 0) is 6.42 Å². The molecule has 1 rings (SSSR count). The Morgan fingerprint density at radius 2 is 1.23 bits per heavy atom. The second-order valence-corrected chi connectivity index (χ2v) is 9.77. The summed E-state index contributed by atoms with van der Waals surface area (Å²) in [6.45, 7) is 13.7. The first-order valence-corrected chi connectivity index (χ1v) is 12.5. The van der Waals surface area contributed by atoms with Crippen molar-refractivity contribution in [1.82, 2.24) is 0 Å². The summed E-state index contributed by atoms with van der Waals surface area (Å²) in [5.41, 5.74) is 7.41. The number of furan rings is 1. The molecule has 0 atom stereocenters. The third-order valence-corrected chi connectivity index (χ3v) is 5.95. The predicted octanol–water partition coefficient (Wildman–Crippen LogP) is 10.2. The number of aryl methyl sites for hydroxylation is 1. The maximum Gasteiger partial charge on any atom is 0.0934 e. The van der Waals surface area contributed by atoms with Gasteiger partial charge in [0.15, 0.2) is 0 Å². The van der Waals surface area contributed by atoms with E-state index in [1.54, 1.807) is 11.8 Å². The molecule has 0 spiro atoms. The number of rotatable bonds is 16. The zero-order valence-corrected chi connectivity index (χ0v) is 21.3. The average molecular weight is 425 g/mol. The minimum Gasteiger partial charge on any atom is -0.472 e. The van der Waals surface area contributed by atoms with Crippen molar-refractivity contribution in [3.63, 3.8) is 0 Å². The minimum absolute atomic E-state index is 0.828. The lowest BCUT2D eigenvalue weighted by molar-refractivity contribution is 0.554.